The van der Waals surface area contributed by atoms with Gasteiger partial charge in [-0.05, 0) is 49.4 Å². The number of hydrogen-bond donors (Lipinski definition) is 3. The third-order valence-electron chi connectivity index (χ3n) is 4.31. The molecule has 6 nitrogen and oxygen atoms in total. The molecule has 2 amide bonds. The van der Waals surface area contributed by atoms with Crippen molar-refractivity contribution in [2.24, 2.45) is 0 Å². The van der Waals surface area contributed by atoms with Crippen LogP contribution in [0, 0.1) is 6.92 Å². The van der Waals surface area contributed by atoms with Crippen LogP contribution < -0.4 is 10.6 Å². The average Bonchev–Trinajstić information content (AvgIpc) is 3.20. The monoisotopic (exact) mass is 458 g/mol. The van der Waals surface area contributed by atoms with E-state index in [4.69, 9.17) is 32.7 Å². The molecule has 3 rings (SSSR count). The van der Waals surface area contributed by atoms with Gasteiger partial charge >= 0.3 is 0 Å². The molecule has 1 heterocycles. The van der Waals surface area contributed by atoms with Gasteiger partial charge in [0.15, 0.2) is 0 Å². The predicted octanol–water partition coefficient (Wildman–Crippen LogP) is 4.44. The largest absolute Gasteiger partial charge is 0.457 e. The van der Waals surface area contributed by atoms with E-state index in [0.717, 1.165) is 5.56 Å². The van der Waals surface area contributed by atoms with Crippen molar-refractivity contribution >= 4 is 41.1 Å². The molecule has 0 saturated heterocycles. The lowest BCUT2D eigenvalue weighted by atomic mass is 10.1. The van der Waals surface area contributed by atoms with E-state index in [9.17, 15) is 9.59 Å². The number of carbonyl (C=O) groups is 2. The first kappa shape index (κ1) is 22.6. The Kier molecular flexibility index (Phi) is 7.52. The number of benzene rings is 2. The zero-order chi connectivity index (χ0) is 22.4. The third kappa shape index (κ3) is 5.98. The van der Waals surface area contributed by atoms with Crippen LogP contribution in [0.1, 0.15) is 21.7 Å². The molecule has 0 aliphatic heterocycles. The molecule has 3 aromatic rings. The van der Waals surface area contributed by atoms with Crippen LogP contribution in [-0.4, -0.2) is 30.1 Å². The van der Waals surface area contributed by atoms with Gasteiger partial charge in [-0.3, -0.25) is 9.59 Å². The van der Waals surface area contributed by atoms with Gasteiger partial charge in [0, 0.05) is 28.8 Å². The second kappa shape index (κ2) is 10.3. The summed E-state index contributed by atoms with van der Waals surface area (Å²) in [5.74, 6) is -0.192. The molecule has 0 radical (unpaired) electrons. The Balaban J connectivity index is 1.88. The maximum absolute atomic E-state index is 12.6. The molecule has 0 saturated carbocycles. The number of carbonyl (C=O) groups excluding carboxylic acids is 2. The Labute approximate surface area is 189 Å². The fraction of sp³-hybridized carbons (Fsp3) is 0.130. The Hall–Kier alpha value is -3.06. The number of furan rings is 1. The van der Waals surface area contributed by atoms with Gasteiger partial charge in [-0.25, -0.2) is 0 Å². The van der Waals surface area contributed by atoms with Crippen LogP contribution in [0.2, 0.25) is 10.0 Å². The van der Waals surface area contributed by atoms with E-state index in [-0.39, 0.29) is 18.8 Å². The molecule has 1 aromatic heterocycles. The van der Waals surface area contributed by atoms with E-state index < -0.39 is 11.8 Å². The van der Waals surface area contributed by atoms with E-state index in [1.807, 2.05) is 6.92 Å². The molecule has 0 fully saturated rings. The summed E-state index contributed by atoms with van der Waals surface area (Å²) in [5.41, 5.74) is 2.03. The molecular weight excluding hydrogens is 439 g/mol. The third-order valence-corrected chi connectivity index (χ3v) is 4.86. The first-order valence-corrected chi connectivity index (χ1v) is 10.2. The zero-order valence-electron chi connectivity index (χ0n) is 16.6. The molecular formula is C23H20Cl2N2O4. The number of amides is 2. The Bertz CT molecular complexity index is 1120. The standard InChI is InChI=1S/C23H20Cl2N2O4/c1-14-2-4-15(5-3-14)22(29)27-20(23(30)26-10-11-28)13-17-7-9-21(31-17)18-8-6-16(24)12-19(18)25/h2-9,12-13,28H,10-11H2,1H3,(H,26,30)(H,27,29)/b20-13-. The van der Waals surface area contributed by atoms with E-state index in [2.05, 4.69) is 10.6 Å². The summed E-state index contributed by atoms with van der Waals surface area (Å²) < 4.78 is 5.79. The van der Waals surface area contributed by atoms with Gasteiger partial charge in [-0.2, -0.15) is 0 Å². The molecule has 0 spiro atoms. The highest BCUT2D eigenvalue weighted by molar-refractivity contribution is 6.36. The highest BCUT2D eigenvalue weighted by atomic mass is 35.5. The van der Waals surface area contributed by atoms with Crippen molar-refractivity contribution < 1.29 is 19.1 Å². The fourth-order valence-electron chi connectivity index (χ4n) is 2.73. The van der Waals surface area contributed by atoms with Crippen molar-refractivity contribution in [1.82, 2.24) is 10.6 Å². The summed E-state index contributed by atoms with van der Waals surface area (Å²) in [6.45, 7) is 1.72. The zero-order valence-corrected chi connectivity index (χ0v) is 18.1. The van der Waals surface area contributed by atoms with Crippen LogP contribution in [0.25, 0.3) is 17.4 Å². The molecule has 0 bridgehead atoms. The Morgan fingerprint density at radius 3 is 2.48 bits per heavy atom. The molecule has 0 unspecified atom stereocenters. The smallest absolute Gasteiger partial charge is 0.268 e. The number of aliphatic hydroxyl groups excluding tert-OH is 1. The summed E-state index contributed by atoms with van der Waals surface area (Å²) >= 11 is 12.2. The molecule has 2 aromatic carbocycles. The topological polar surface area (TPSA) is 91.6 Å². The second-order valence-corrected chi connectivity index (χ2v) is 7.53. The van der Waals surface area contributed by atoms with Crippen LogP contribution in [0.5, 0.6) is 0 Å². The summed E-state index contributed by atoms with van der Waals surface area (Å²) in [5, 5.41) is 15.0. The second-order valence-electron chi connectivity index (χ2n) is 6.68. The highest BCUT2D eigenvalue weighted by Gasteiger charge is 2.16. The van der Waals surface area contributed by atoms with Crippen molar-refractivity contribution in [2.45, 2.75) is 6.92 Å². The van der Waals surface area contributed by atoms with Crippen molar-refractivity contribution in [3.63, 3.8) is 0 Å². The van der Waals surface area contributed by atoms with Crippen LogP contribution in [0.4, 0.5) is 0 Å². The minimum Gasteiger partial charge on any atom is -0.457 e. The molecule has 8 heteroatoms. The summed E-state index contributed by atoms with van der Waals surface area (Å²) in [7, 11) is 0. The van der Waals surface area contributed by atoms with E-state index >= 15 is 0 Å². The minimum atomic E-state index is -0.558. The molecule has 3 N–H and O–H groups in total. The summed E-state index contributed by atoms with van der Waals surface area (Å²) in [6.07, 6.45) is 1.41. The van der Waals surface area contributed by atoms with Gasteiger partial charge in [-0.1, -0.05) is 40.9 Å². The van der Waals surface area contributed by atoms with Gasteiger partial charge in [0.2, 0.25) is 0 Å². The van der Waals surface area contributed by atoms with Gasteiger partial charge < -0.3 is 20.2 Å². The summed E-state index contributed by atoms with van der Waals surface area (Å²) in [6, 6.07) is 15.3. The lowest BCUT2D eigenvalue weighted by molar-refractivity contribution is -0.117. The first-order chi connectivity index (χ1) is 14.9. The van der Waals surface area contributed by atoms with Crippen molar-refractivity contribution in [3.05, 3.63) is 87.2 Å². The van der Waals surface area contributed by atoms with Gasteiger partial charge in [-0.15, -0.1) is 0 Å². The Morgan fingerprint density at radius 2 is 1.81 bits per heavy atom. The highest BCUT2D eigenvalue weighted by Crippen LogP contribution is 2.31. The number of aliphatic hydroxyl groups is 1. The lowest BCUT2D eigenvalue weighted by Crippen LogP contribution is -2.36. The van der Waals surface area contributed by atoms with E-state index in [0.29, 0.717) is 32.7 Å². The molecule has 31 heavy (non-hydrogen) atoms. The lowest BCUT2D eigenvalue weighted by Gasteiger charge is -2.10. The van der Waals surface area contributed by atoms with E-state index in [1.165, 1.54) is 6.08 Å². The number of hydrogen-bond acceptors (Lipinski definition) is 4. The maximum Gasteiger partial charge on any atom is 0.268 e. The SMILES string of the molecule is Cc1ccc(C(=O)N/C(=C\c2ccc(-c3ccc(Cl)cc3Cl)o2)C(=O)NCCO)cc1. The van der Waals surface area contributed by atoms with Gasteiger partial charge in [0.05, 0.1) is 11.6 Å². The number of rotatable bonds is 7. The van der Waals surface area contributed by atoms with Crippen LogP contribution in [0.3, 0.4) is 0 Å². The molecule has 160 valence electrons. The maximum atomic E-state index is 12.6. The van der Waals surface area contributed by atoms with Crippen molar-refractivity contribution in [1.29, 1.82) is 0 Å². The minimum absolute atomic E-state index is 0.0258. The average molecular weight is 459 g/mol. The number of aryl methyl sites for hydroxylation is 1. The van der Waals surface area contributed by atoms with Crippen molar-refractivity contribution in [2.75, 3.05) is 13.2 Å². The van der Waals surface area contributed by atoms with Gasteiger partial charge in [0.1, 0.15) is 17.2 Å². The molecule has 0 aliphatic rings. The van der Waals surface area contributed by atoms with Crippen LogP contribution in [-0.2, 0) is 4.79 Å². The molecule has 0 aliphatic carbocycles. The molecule has 0 atom stereocenters. The van der Waals surface area contributed by atoms with E-state index in [1.54, 1.807) is 54.6 Å². The predicted molar refractivity (Wildman–Crippen MR) is 121 cm³/mol. The summed E-state index contributed by atoms with van der Waals surface area (Å²) in [4.78, 5) is 25.1. The Morgan fingerprint density at radius 1 is 1.06 bits per heavy atom. The quantitative estimate of drug-likeness (QED) is 0.456. The van der Waals surface area contributed by atoms with Crippen molar-refractivity contribution in [3.8, 4) is 11.3 Å². The van der Waals surface area contributed by atoms with Gasteiger partial charge in [0.25, 0.3) is 11.8 Å². The van der Waals surface area contributed by atoms with Crippen LogP contribution in [0.15, 0.2) is 64.7 Å². The first-order valence-electron chi connectivity index (χ1n) is 9.41. The van der Waals surface area contributed by atoms with Crippen LogP contribution >= 0.6 is 23.2 Å². The fourth-order valence-corrected chi connectivity index (χ4v) is 3.23. The number of halogens is 2. The number of nitrogens with one attached hydrogen (secondary N) is 2. The normalized spacial score (nSPS) is 11.3.